The Morgan fingerprint density at radius 2 is 1.67 bits per heavy atom. The van der Waals surface area contributed by atoms with E-state index >= 15 is 0 Å². The van der Waals surface area contributed by atoms with Gasteiger partial charge in [-0.15, -0.1) is 0 Å². The second-order valence-electron chi connectivity index (χ2n) is 9.88. The summed E-state index contributed by atoms with van der Waals surface area (Å²) in [5.41, 5.74) is 3.46. The van der Waals surface area contributed by atoms with E-state index in [1.807, 2.05) is 50.2 Å². The molecule has 2 aromatic carbocycles. The zero-order valence-corrected chi connectivity index (χ0v) is 22.7. The first kappa shape index (κ1) is 27.7. The molecule has 1 unspecified atom stereocenters. The number of benzene rings is 2. The number of amides is 2. The summed E-state index contributed by atoms with van der Waals surface area (Å²) in [6.07, 6.45) is 6.93. The molecule has 1 aliphatic carbocycles. The fourth-order valence-corrected chi connectivity index (χ4v) is 5.47. The van der Waals surface area contributed by atoms with Gasteiger partial charge in [-0.2, -0.15) is 0 Å². The maximum absolute atomic E-state index is 13.6. The topological polar surface area (TPSA) is 86.8 Å². The van der Waals surface area contributed by atoms with Crippen LogP contribution in [-0.4, -0.2) is 56.6 Å². The second-order valence-corrected chi connectivity index (χ2v) is 11.8. The molecule has 1 N–H and O–H groups in total. The van der Waals surface area contributed by atoms with Crippen molar-refractivity contribution in [3.63, 3.8) is 0 Å². The molecule has 0 radical (unpaired) electrons. The molecule has 2 amide bonds. The number of carbonyl (C=O) groups is 2. The predicted molar refractivity (Wildman–Crippen MR) is 144 cm³/mol. The Balaban J connectivity index is 1.82. The van der Waals surface area contributed by atoms with Crippen molar-refractivity contribution in [2.45, 2.75) is 71.4 Å². The van der Waals surface area contributed by atoms with Crippen LogP contribution in [0.3, 0.4) is 0 Å². The van der Waals surface area contributed by atoms with Crippen molar-refractivity contribution in [2.75, 3.05) is 23.7 Å². The lowest BCUT2D eigenvalue weighted by atomic mass is 9.95. The average Bonchev–Trinajstić information content (AvgIpc) is 2.85. The minimum absolute atomic E-state index is 0.128. The van der Waals surface area contributed by atoms with Crippen LogP contribution in [0.15, 0.2) is 48.5 Å². The second kappa shape index (κ2) is 12.4. The van der Waals surface area contributed by atoms with Gasteiger partial charge in [-0.1, -0.05) is 55.7 Å². The summed E-state index contributed by atoms with van der Waals surface area (Å²) in [5, 5.41) is 3.12. The Labute approximate surface area is 215 Å². The molecular formula is C28H39N3O4S. The molecule has 196 valence electrons. The van der Waals surface area contributed by atoms with Gasteiger partial charge in [0.1, 0.15) is 12.6 Å². The third-order valence-electron chi connectivity index (χ3n) is 7.06. The van der Waals surface area contributed by atoms with Gasteiger partial charge in [-0.05, 0) is 68.9 Å². The van der Waals surface area contributed by atoms with E-state index in [-0.39, 0.29) is 18.5 Å². The molecule has 1 atom stereocenters. The van der Waals surface area contributed by atoms with Crippen LogP contribution in [0.1, 0.15) is 55.7 Å². The third-order valence-corrected chi connectivity index (χ3v) is 8.20. The molecule has 0 spiro atoms. The summed E-state index contributed by atoms with van der Waals surface area (Å²) in [6, 6.07) is 14.5. The van der Waals surface area contributed by atoms with Gasteiger partial charge in [-0.25, -0.2) is 8.42 Å². The lowest BCUT2D eigenvalue weighted by molar-refractivity contribution is -0.139. The number of nitrogens with zero attached hydrogens (tertiary/aromatic N) is 2. The lowest BCUT2D eigenvalue weighted by Gasteiger charge is -2.33. The summed E-state index contributed by atoms with van der Waals surface area (Å²) in [4.78, 5) is 28.3. The Bertz CT molecular complexity index is 1140. The monoisotopic (exact) mass is 513 g/mol. The first-order chi connectivity index (χ1) is 17.1. The van der Waals surface area contributed by atoms with Crippen LogP contribution in [0.2, 0.25) is 0 Å². The van der Waals surface area contributed by atoms with Crippen molar-refractivity contribution in [1.29, 1.82) is 0 Å². The third kappa shape index (κ3) is 7.56. The number of carbonyl (C=O) groups excluding carboxylic acids is 2. The minimum atomic E-state index is -3.73. The van der Waals surface area contributed by atoms with E-state index in [4.69, 9.17) is 0 Å². The van der Waals surface area contributed by atoms with Gasteiger partial charge in [0.15, 0.2) is 0 Å². The number of rotatable bonds is 10. The zero-order valence-electron chi connectivity index (χ0n) is 21.9. The molecule has 8 heteroatoms. The lowest BCUT2D eigenvalue weighted by Crippen LogP contribution is -2.53. The normalized spacial score (nSPS) is 15.2. The van der Waals surface area contributed by atoms with Crippen molar-refractivity contribution >= 4 is 27.5 Å². The number of nitrogens with one attached hydrogen (secondary N) is 1. The predicted octanol–water partition coefficient (Wildman–Crippen LogP) is 3.98. The van der Waals surface area contributed by atoms with E-state index in [1.54, 1.807) is 19.1 Å². The van der Waals surface area contributed by atoms with Gasteiger partial charge in [0.05, 0.1) is 11.9 Å². The highest BCUT2D eigenvalue weighted by Crippen LogP contribution is 2.22. The minimum Gasteiger partial charge on any atom is -0.352 e. The first-order valence-corrected chi connectivity index (χ1v) is 14.6. The van der Waals surface area contributed by atoms with E-state index in [0.29, 0.717) is 18.7 Å². The number of hydrogen-bond donors (Lipinski definition) is 1. The molecule has 1 fully saturated rings. The highest BCUT2D eigenvalue weighted by atomic mass is 32.2. The molecule has 7 nitrogen and oxygen atoms in total. The fraction of sp³-hybridized carbons (Fsp3) is 0.500. The SMILES string of the molecule is Cc1ccc(N(CC(=O)N(CCc2ccccc2)C(C)C(=O)NC2CCCCC2)S(C)(=O)=O)cc1C. The van der Waals surface area contributed by atoms with Gasteiger partial charge >= 0.3 is 0 Å². The summed E-state index contributed by atoms with van der Waals surface area (Å²) in [7, 11) is -3.73. The Kier molecular flexibility index (Phi) is 9.54. The van der Waals surface area contributed by atoms with Crippen LogP contribution in [0, 0.1) is 13.8 Å². The first-order valence-electron chi connectivity index (χ1n) is 12.7. The smallest absolute Gasteiger partial charge is 0.244 e. The molecule has 2 aromatic rings. The van der Waals surface area contributed by atoms with Gasteiger partial charge in [0, 0.05) is 12.6 Å². The molecule has 0 heterocycles. The van der Waals surface area contributed by atoms with E-state index in [9.17, 15) is 18.0 Å². The van der Waals surface area contributed by atoms with Crippen LogP contribution in [0.5, 0.6) is 0 Å². The van der Waals surface area contributed by atoms with Crippen molar-refractivity contribution in [2.24, 2.45) is 0 Å². The van der Waals surface area contributed by atoms with Gasteiger partial charge in [-0.3, -0.25) is 13.9 Å². The van der Waals surface area contributed by atoms with Gasteiger partial charge < -0.3 is 10.2 Å². The van der Waals surface area contributed by atoms with E-state index < -0.39 is 22.0 Å². The maximum atomic E-state index is 13.6. The number of hydrogen-bond acceptors (Lipinski definition) is 4. The van der Waals surface area contributed by atoms with Gasteiger partial charge in [0.25, 0.3) is 0 Å². The summed E-state index contributed by atoms with van der Waals surface area (Å²) in [6.45, 7) is 5.53. The molecule has 0 bridgehead atoms. The standard InChI is InChI=1S/C28H39N3O4S/c1-21-15-16-26(19-22(21)2)31(36(4,34)35)20-27(32)30(18-17-24-11-7-5-8-12-24)23(3)28(33)29-25-13-9-6-10-14-25/h5,7-8,11-12,15-16,19,23,25H,6,9-10,13-14,17-18,20H2,1-4H3,(H,29,33). The van der Waals surface area contributed by atoms with Crippen molar-refractivity contribution in [1.82, 2.24) is 10.2 Å². The molecule has 36 heavy (non-hydrogen) atoms. The number of aryl methyl sites for hydroxylation is 2. The molecule has 1 saturated carbocycles. The number of anilines is 1. The fourth-order valence-electron chi connectivity index (χ4n) is 4.63. The van der Waals surface area contributed by atoms with E-state index in [0.717, 1.165) is 52.9 Å². The van der Waals surface area contributed by atoms with Crippen molar-refractivity contribution < 1.29 is 18.0 Å². The molecule has 3 rings (SSSR count). The quantitative estimate of drug-likeness (QED) is 0.521. The summed E-state index contributed by atoms with van der Waals surface area (Å²) < 4.78 is 26.5. The zero-order chi connectivity index (χ0) is 26.3. The average molecular weight is 514 g/mol. The summed E-state index contributed by atoms with van der Waals surface area (Å²) in [5.74, 6) is -0.596. The van der Waals surface area contributed by atoms with Crippen LogP contribution < -0.4 is 9.62 Å². The molecule has 1 aliphatic rings. The van der Waals surface area contributed by atoms with E-state index in [1.165, 1.54) is 11.3 Å². The number of sulfonamides is 1. The molecule has 0 aromatic heterocycles. The highest BCUT2D eigenvalue weighted by Gasteiger charge is 2.31. The summed E-state index contributed by atoms with van der Waals surface area (Å²) >= 11 is 0. The Morgan fingerprint density at radius 1 is 1.00 bits per heavy atom. The van der Waals surface area contributed by atoms with Gasteiger partial charge in [0.2, 0.25) is 21.8 Å². The largest absolute Gasteiger partial charge is 0.352 e. The van der Waals surface area contributed by atoms with Crippen molar-refractivity contribution in [3.8, 4) is 0 Å². The highest BCUT2D eigenvalue weighted by molar-refractivity contribution is 7.92. The Hall–Kier alpha value is -2.87. The van der Waals surface area contributed by atoms with Crippen molar-refractivity contribution in [3.05, 3.63) is 65.2 Å². The van der Waals surface area contributed by atoms with E-state index in [2.05, 4.69) is 5.32 Å². The van der Waals surface area contributed by atoms with Crippen LogP contribution in [0.25, 0.3) is 0 Å². The van der Waals surface area contributed by atoms with Crippen LogP contribution >= 0.6 is 0 Å². The van der Waals surface area contributed by atoms with Crippen LogP contribution in [-0.2, 0) is 26.0 Å². The maximum Gasteiger partial charge on any atom is 0.244 e. The Morgan fingerprint density at radius 3 is 2.28 bits per heavy atom. The molecule has 0 aliphatic heterocycles. The van der Waals surface area contributed by atoms with Crippen LogP contribution in [0.4, 0.5) is 5.69 Å². The molecule has 0 saturated heterocycles. The molecular weight excluding hydrogens is 474 g/mol.